The Kier molecular flexibility index (Phi) is 6.39. The van der Waals surface area contributed by atoms with Gasteiger partial charge in [0.1, 0.15) is 11.3 Å². The number of para-hydroxylation sites is 1. The third-order valence-corrected chi connectivity index (χ3v) is 5.25. The Morgan fingerprint density at radius 3 is 2.14 bits per heavy atom. The van der Waals surface area contributed by atoms with Crippen molar-refractivity contribution in [1.82, 2.24) is 4.57 Å². The number of non-ortho nitro benzene ring substituents is 1. The lowest BCUT2D eigenvalue weighted by atomic mass is 10.1. The Bertz CT molecular complexity index is 1470. The van der Waals surface area contributed by atoms with Crippen molar-refractivity contribution in [2.24, 2.45) is 5.10 Å². The first-order valence-corrected chi connectivity index (χ1v) is 10.0. The van der Waals surface area contributed by atoms with E-state index in [-0.39, 0.29) is 5.69 Å². The summed E-state index contributed by atoms with van der Waals surface area (Å²) in [5.74, 6) is -9.75. The van der Waals surface area contributed by atoms with E-state index in [2.05, 4.69) is 5.10 Å². The second-order valence-corrected chi connectivity index (χ2v) is 7.53. The highest BCUT2D eigenvalue weighted by Crippen LogP contribution is 2.38. The van der Waals surface area contributed by atoms with E-state index in [1.54, 1.807) is 52.6 Å². The van der Waals surface area contributed by atoms with Gasteiger partial charge in [-0.25, -0.2) is 17.6 Å². The summed E-state index contributed by atoms with van der Waals surface area (Å²) in [6.07, 6.45) is -2.98. The van der Waals surface area contributed by atoms with Crippen LogP contribution in [-0.2, 0) is 12.7 Å². The largest absolute Gasteiger partial charge is 0.422 e. The molecule has 13 heteroatoms. The molecule has 0 aliphatic carbocycles. The van der Waals surface area contributed by atoms with Crippen LogP contribution >= 0.6 is 0 Å². The average molecular weight is 510 g/mol. The Labute approximate surface area is 197 Å². The van der Waals surface area contributed by atoms with Gasteiger partial charge in [-0.05, 0) is 11.6 Å². The monoisotopic (exact) mass is 510 g/mol. The van der Waals surface area contributed by atoms with Gasteiger partial charge in [-0.3, -0.25) is 15.5 Å². The fourth-order valence-electron chi connectivity index (χ4n) is 3.57. The summed E-state index contributed by atoms with van der Waals surface area (Å²) < 4.78 is 95.7. The minimum atomic E-state index is -5.65. The number of alkyl halides is 3. The van der Waals surface area contributed by atoms with Crippen molar-refractivity contribution in [2.75, 3.05) is 5.43 Å². The number of halogens is 7. The first-order valence-electron chi connectivity index (χ1n) is 10.0. The van der Waals surface area contributed by atoms with Crippen LogP contribution in [0.2, 0.25) is 0 Å². The molecule has 3 aromatic carbocycles. The van der Waals surface area contributed by atoms with Gasteiger partial charge in [0.2, 0.25) is 0 Å². The van der Waals surface area contributed by atoms with E-state index < -0.39 is 45.6 Å². The van der Waals surface area contributed by atoms with Crippen LogP contribution in [0.4, 0.5) is 42.1 Å². The van der Waals surface area contributed by atoms with Crippen LogP contribution in [0.1, 0.15) is 16.7 Å². The highest BCUT2D eigenvalue weighted by molar-refractivity contribution is 5.99. The molecule has 0 saturated carbocycles. The van der Waals surface area contributed by atoms with Gasteiger partial charge in [-0.15, -0.1) is 0 Å². The van der Waals surface area contributed by atoms with Crippen molar-refractivity contribution < 1.29 is 35.7 Å². The molecule has 4 aromatic rings. The zero-order chi connectivity index (χ0) is 26.2. The van der Waals surface area contributed by atoms with E-state index >= 15 is 0 Å². The van der Waals surface area contributed by atoms with Gasteiger partial charge >= 0.3 is 6.18 Å². The molecule has 0 unspecified atom stereocenters. The van der Waals surface area contributed by atoms with Gasteiger partial charge in [-0.2, -0.15) is 18.3 Å². The van der Waals surface area contributed by atoms with E-state index in [9.17, 15) is 40.8 Å². The second-order valence-electron chi connectivity index (χ2n) is 7.53. The molecule has 0 aliphatic heterocycles. The molecule has 0 radical (unpaired) electrons. The first-order chi connectivity index (χ1) is 17.0. The fraction of sp³-hybridized carbons (Fsp3) is 0.0870. The minimum Gasteiger partial charge on any atom is -0.342 e. The Morgan fingerprint density at radius 1 is 0.944 bits per heavy atom. The summed E-state index contributed by atoms with van der Waals surface area (Å²) in [6.45, 7) is 0.290. The van der Waals surface area contributed by atoms with Crippen LogP contribution in [0.15, 0.2) is 59.8 Å². The Balaban J connectivity index is 1.64. The SMILES string of the molecule is O=[N+]([O-])c1ccc(Cn2cc(/C=N/Nc3c(F)c(F)c(C(F)(F)F)c(F)c3F)c3ccccc32)cc1. The third-order valence-electron chi connectivity index (χ3n) is 5.25. The Morgan fingerprint density at radius 2 is 1.56 bits per heavy atom. The zero-order valence-electron chi connectivity index (χ0n) is 17.8. The maximum atomic E-state index is 14.1. The number of aromatic nitrogens is 1. The predicted molar refractivity (Wildman–Crippen MR) is 117 cm³/mol. The van der Waals surface area contributed by atoms with E-state index in [1.807, 2.05) is 0 Å². The lowest BCUT2D eigenvalue weighted by molar-refractivity contribution is -0.384. The summed E-state index contributed by atoms with van der Waals surface area (Å²) in [5.41, 5.74) is -0.735. The van der Waals surface area contributed by atoms with Crippen molar-refractivity contribution in [1.29, 1.82) is 0 Å². The molecule has 186 valence electrons. The lowest BCUT2D eigenvalue weighted by Gasteiger charge is -2.13. The maximum absolute atomic E-state index is 14.1. The quantitative estimate of drug-likeness (QED) is 0.104. The van der Waals surface area contributed by atoms with Crippen LogP contribution in [0, 0.1) is 33.4 Å². The zero-order valence-corrected chi connectivity index (χ0v) is 17.8. The summed E-state index contributed by atoms with van der Waals surface area (Å²) in [5, 5.41) is 15.0. The molecule has 4 rings (SSSR count). The fourth-order valence-corrected chi connectivity index (χ4v) is 3.57. The number of nitro benzene ring substituents is 1. The lowest BCUT2D eigenvalue weighted by Crippen LogP contribution is -2.16. The molecule has 1 N–H and O–H groups in total. The number of hydrazone groups is 1. The Hall–Kier alpha value is -4.42. The number of benzene rings is 3. The summed E-state index contributed by atoms with van der Waals surface area (Å²) in [4.78, 5) is 10.3. The van der Waals surface area contributed by atoms with Crippen molar-refractivity contribution >= 4 is 28.5 Å². The van der Waals surface area contributed by atoms with Gasteiger partial charge in [0.25, 0.3) is 5.69 Å². The molecule has 0 spiro atoms. The van der Waals surface area contributed by atoms with Gasteiger partial charge < -0.3 is 4.57 Å². The minimum absolute atomic E-state index is 0.0781. The molecule has 0 fully saturated rings. The van der Waals surface area contributed by atoms with Crippen LogP contribution in [0.5, 0.6) is 0 Å². The van der Waals surface area contributed by atoms with E-state index in [1.165, 1.54) is 12.1 Å². The van der Waals surface area contributed by atoms with Crippen molar-refractivity contribution in [2.45, 2.75) is 12.7 Å². The molecule has 0 aliphatic rings. The van der Waals surface area contributed by atoms with E-state index in [4.69, 9.17) is 0 Å². The molecular formula is C23H13F7N4O2. The number of rotatable bonds is 6. The van der Waals surface area contributed by atoms with E-state index in [0.717, 1.165) is 11.8 Å². The molecule has 0 amide bonds. The smallest absolute Gasteiger partial charge is 0.342 e. The third kappa shape index (κ3) is 4.59. The molecule has 0 atom stereocenters. The number of fused-ring (bicyclic) bond motifs is 1. The molecule has 1 aromatic heterocycles. The first kappa shape index (κ1) is 24.7. The second kappa shape index (κ2) is 9.32. The van der Waals surface area contributed by atoms with Crippen LogP contribution in [0.3, 0.4) is 0 Å². The number of hydrogen-bond acceptors (Lipinski definition) is 4. The highest BCUT2D eigenvalue weighted by Gasteiger charge is 2.42. The number of hydrogen-bond donors (Lipinski definition) is 1. The topological polar surface area (TPSA) is 72.5 Å². The maximum Gasteiger partial charge on any atom is 0.422 e. The summed E-state index contributed by atoms with van der Waals surface area (Å²) in [6, 6.07) is 12.7. The number of nitrogens with one attached hydrogen (secondary N) is 1. The molecule has 0 saturated heterocycles. The number of nitrogens with zero attached hydrogens (tertiary/aromatic N) is 3. The molecular weight excluding hydrogens is 497 g/mol. The van der Waals surface area contributed by atoms with Gasteiger partial charge in [0.15, 0.2) is 23.3 Å². The van der Waals surface area contributed by atoms with Gasteiger partial charge in [-0.1, -0.05) is 30.3 Å². The molecule has 0 bridgehead atoms. The summed E-state index contributed by atoms with van der Waals surface area (Å²) >= 11 is 0. The van der Waals surface area contributed by atoms with Crippen molar-refractivity contribution in [3.8, 4) is 0 Å². The molecule has 1 heterocycles. The molecule has 6 nitrogen and oxygen atoms in total. The summed E-state index contributed by atoms with van der Waals surface area (Å²) in [7, 11) is 0. The van der Waals surface area contributed by atoms with Crippen LogP contribution < -0.4 is 5.43 Å². The van der Waals surface area contributed by atoms with Gasteiger partial charge in [0, 0.05) is 41.3 Å². The number of nitro groups is 1. The standard InChI is InChI=1S/C23H13F7N4O2/c24-18-17(23(28,29)30)19(25)21(27)22(20(18)26)32-31-9-13-11-33(16-4-2-1-3-15(13)16)10-12-5-7-14(8-6-12)34(35)36/h1-9,11,32H,10H2/b31-9+. The van der Waals surface area contributed by atoms with Crippen LogP contribution in [0.25, 0.3) is 10.9 Å². The average Bonchev–Trinajstić information content (AvgIpc) is 3.17. The van der Waals surface area contributed by atoms with Crippen molar-refractivity contribution in [3.63, 3.8) is 0 Å². The number of anilines is 1. The highest BCUT2D eigenvalue weighted by atomic mass is 19.4. The normalized spacial score (nSPS) is 12.0. The van der Waals surface area contributed by atoms with Gasteiger partial charge in [0.05, 0.1) is 11.1 Å². The molecule has 36 heavy (non-hydrogen) atoms. The van der Waals surface area contributed by atoms with Crippen molar-refractivity contribution in [3.05, 3.63) is 105 Å². The van der Waals surface area contributed by atoms with E-state index in [0.29, 0.717) is 23.0 Å². The van der Waals surface area contributed by atoms with Crippen LogP contribution in [-0.4, -0.2) is 15.7 Å². The predicted octanol–water partition coefficient (Wildman–Crippen LogP) is 6.62.